The highest BCUT2D eigenvalue weighted by Gasteiger charge is 2.38. The molecule has 1 aromatic carbocycles. The van der Waals surface area contributed by atoms with Crippen LogP contribution in [0.5, 0.6) is 11.5 Å². The Bertz CT molecular complexity index is 519. The third kappa shape index (κ3) is 4.50. The lowest BCUT2D eigenvalue weighted by atomic mass is 9.79. The minimum atomic E-state index is -0.505. The molecule has 1 aromatic rings. The Balaban J connectivity index is 0.00000264. The lowest BCUT2D eigenvalue weighted by molar-refractivity contribution is -0.136. The van der Waals surface area contributed by atoms with E-state index >= 15 is 0 Å². The van der Waals surface area contributed by atoms with Crippen molar-refractivity contribution in [2.45, 2.75) is 19.4 Å². The molecule has 1 aliphatic heterocycles. The number of rotatable bonds is 6. The zero-order valence-corrected chi connectivity index (χ0v) is 14.4. The van der Waals surface area contributed by atoms with Gasteiger partial charge in [-0.2, -0.15) is 0 Å². The molecule has 1 fully saturated rings. The van der Waals surface area contributed by atoms with E-state index < -0.39 is 5.41 Å². The molecule has 23 heavy (non-hydrogen) atoms. The SMILES string of the molecule is COc1ccc(CNC(=O)C2(CN)CCOCC2)cc1OC.Cl. The maximum absolute atomic E-state index is 12.5. The first kappa shape index (κ1) is 19.5. The van der Waals surface area contributed by atoms with E-state index in [1.807, 2.05) is 18.2 Å². The zero-order valence-electron chi connectivity index (χ0n) is 13.6. The molecular formula is C16H25ClN2O4. The smallest absolute Gasteiger partial charge is 0.227 e. The molecule has 0 atom stereocenters. The lowest BCUT2D eigenvalue weighted by Crippen LogP contribution is -2.48. The summed E-state index contributed by atoms with van der Waals surface area (Å²) in [6, 6.07) is 5.59. The van der Waals surface area contributed by atoms with Gasteiger partial charge in [0.2, 0.25) is 5.91 Å². The van der Waals surface area contributed by atoms with E-state index in [4.69, 9.17) is 19.9 Å². The van der Waals surface area contributed by atoms with Gasteiger partial charge in [0, 0.05) is 26.3 Å². The van der Waals surface area contributed by atoms with Crippen LogP contribution in [0.25, 0.3) is 0 Å². The van der Waals surface area contributed by atoms with Crippen LogP contribution < -0.4 is 20.5 Å². The van der Waals surface area contributed by atoms with Crippen LogP contribution in [0.1, 0.15) is 18.4 Å². The van der Waals surface area contributed by atoms with Gasteiger partial charge in [-0.25, -0.2) is 0 Å². The predicted octanol–water partition coefficient (Wildman–Crippen LogP) is 1.50. The fourth-order valence-corrected chi connectivity index (χ4v) is 2.65. The molecule has 0 spiro atoms. The van der Waals surface area contributed by atoms with Crippen LogP contribution in [0.3, 0.4) is 0 Å². The second kappa shape index (κ2) is 8.96. The van der Waals surface area contributed by atoms with E-state index in [1.54, 1.807) is 14.2 Å². The van der Waals surface area contributed by atoms with Crippen LogP contribution in [-0.2, 0) is 16.1 Å². The fraction of sp³-hybridized carbons (Fsp3) is 0.562. The first-order chi connectivity index (χ1) is 10.6. The van der Waals surface area contributed by atoms with Gasteiger partial charge < -0.3 is 25.3 Å². The van der Waals surface area contributed by atoms with Crippen molar-refractivity contribution in [1.29, 1.82) is 0 Å². The summed E-state index contributed by atoms with van der Waals surface area (Å²) >= 11 is 0. The molecule has 3 N–H and O–H groups in total. The van der Waals surface area contributed by atoms with Gasteiger partial charge in [-0.3, -0.25) is 4.79 Å². The zero-order chi connectivity index (χ0) is 16.0. The van der Waals surface area contributed by atoms with E-state index in [0.29, 0.717) is 50.6 Å². The van der Waals surface area contributed by atoms with Crippen LogP contribution in [0, 0.1) is 5.41 Å². The largest absolute Gasteiger partial charge is 0.493 e. The number of benzene rings is 1. The van der Waals surface area contributed by atoms with Gasteiger partial charge in [-0.1, -0.05) is 6.07 Å². The minimum absolute atomic E-state index is 0. The molecule has 0 aromatic heterocycles. The molecule has 0 aliphatic carbocycles. The standard InChI is InChI=1S/C16H24N2O4.ClH/c1-20-13-4-3-12(9-14(13)21-2)10-18-15(19)16(11-17)5-7-22-8-6-16;/h3-4,9H,5-8,10-11,17H2,1-2H3,(H,18,19);1H. The second-order valence-electron chi connectivity index (χ2n) is 5.47. The molecule has 130 valence electrons. The topological polar surface area (TPSA) is 82.8 Å². The third-order valence-electron chi connectivity index (χ3n) is 4.22. The number of nitrogens with two attached hydrogens (primary N) is 1. The van der Waals surface area contributed by atoms with E-state index in [1.165, 1.54) is 0 Å². The number of halogens is 1. The van der Waals surface area contributed by atoms with E-state index in [-0.39, 0.29) is 18.3 Å². The number of hydrogen-bond donors (Lipinski definition) is 2. The molecule has 1 amide bonds. The number of methoxy groups -OCH3 is 2. The minimum Gasteiger partial charge on any atom is -0.493 e. The van der Waals surface area contributed by atoms with Crippen molar-refractivity contribution in [3.63, 3.8) is 0 Å². The molecule has 1 aliphatic rings. The highest BCUT2D eigenvalue weighted by atomic mass is 35.5. The Labute approximate surface area is 143 Å². The Kier molecular flexibility index (Phi) is 7.61. The Morgan fingerprint density at radius 2 is 1.91 bits per heavy atom. The molecule has 1 heterocycles. The summed E-state index contributed by atoms with van der Waals surface area (Å²) in [5, 5.41) is 2.98. The number of carbonyl (C=O) groups is 1. The summed E-state index contributed by atoms with van der Waals surface area (Å²) in [6.07, 6.45) is 1.34. The number of carbonyl (C=O) groups excluding carboxylic acids is 1. The Morgan fingerprint density at radius 1 is 1.26 bits per heavy atom. The molecular weight excluding hydrogens is 320 g/mol. The van der Waals surface area contributed by atoms with Crippen molar-refractivity contribution >= 4 is 18.3 Å². The van der Waals surface area contributed by atoms with E-state index in [0.717, 1.165) is 5.56 Å². The normalized spacial score (nSPS) is 16.1. The van der Waals surface area contributed by atoms with Crippen molar-refractivity contribution in [3.05, 3.63) is 23.8 Å². The average molecular weight is 345 g/mol. The monoisotopic (exact) mass is 344 g/mol. The molecule has 1 saturated heterocycles. The number of hydrogen-bond acceptors (Lipinski definition) is 5. The van der Waals surface area contributed by atoms with Crippen LogP contribution >= 0.6 is 12.4 Å². The Hall–Kier alpha value is -1.50. The lowest BCUT2D eigenvalue weighted by Gasteiger charge is -2.34. The van der Waals surface area contributed by atoms with Crippen molar-refractivity contribution in [2.75, 3.05) is 34.0 Å². The predicted molar refractivity (Wildman–Crippen MR) is 90.2 cm³/mol. The first-order valence-electron chi connectivity index (χ1n) is 7.42. The molecule has 0 saturated carbocycles. The van der Waals surface area contributed by atoms with Gasteiger partial charge in [0.25, 0.3) is 0 Å². The Morgan fingerprint density at radius 3 is 2.48 bits per heavy atom. The van der Waals surface area contributed by atoms with Crippen molar-refractivity contribution in [1.82, 2.24) is 5.32 Å². The molecule has 0 unspecified atom stereocenters. The molecule has 7 heteroatoms. The maximum atomic E-state index is 12.5. The van der Waals surface area contributed by atoms with Crippen LogP contribution in [-0.4, -0.2) is 39.9 Å². The molecule has 6 nitrogen and oxygen atoms in total. The van der Waals surface area contributed by atoms with Gasteiger partial charge in [-0.15, -0.1) is 12.4 Å². The maximum Gasteiger partial charge on any atom is 0.227 e. The van der Waals surface area contributed by atoms with Gasteiger partial charge in [-0.05, 0) is 30.5 Å². The van der Waals surface area contributed by atoms with Crippen LogP contribution in [0.4, 0.5) is 0 Å². The molecule has 0 radical (unpaired) electrons. The van der Waals surface area contributed by atoms with Crippen molar-refractivity contribution in [3.8, 4) is 11.5 Å². The summed E-state index contributed by atoms with van der Waals surface area (Å²) < 4.78 is 15.8. The quantitative estimate of drug-likeness (QED) is 0.817. The van der Waals surface area contributed by atoms with Gasteiger partial charge in [0.1, 0.15) is 0 Å². The molecule has 0 bridgehead atoms. The van der Waals surface area contributed by atoms with Gasteiger partial charge in [0.15, 0.2) is 11.5 Å². The summed E-state index contributed by atoms with van der Waals surface area (Å²) in [5.74, 6) is 1.31. The van der Waals surface area contributed by atoms with Crippen molar-refractivity contribution < 1.29 is 19.0 Å². The summed E-state index contributed by atoms with van der Waals surface area (Å²) in [4.78, 5) is 12.5. The summed E-state index contributed by atoms with van der Waals surface area (Å²) in [6.45, 7) is 1.94. The highest BCUT2D eigenvalue weighted by Crippen LogP contribution is 2.30. The summed E-state index contributed by atoms with van der Waals surface area (Å²) in [7, 11) is 3.18. The van der Waals surface area contributed by atoms with Gasteiger partial charge >= 0.3 is 0 Å². The van der Waals surface area contributed by atoms with E-state index in [2.05, 4.69) is 5.32 Å². The number of nitrogens with one attached hydrogen (secondary N) is 1. The highest BCUT2D eigenvalue weighted by molar-refractivity contribution is 5.85. The second-order valence-corrected chi connectivity index (χ2v) is 5.47. The van der Waals surface area contributed by atoms with Gasteiger partial charge in [0.05, 0.1) is 19.6 Å². The van der Waals surface area contributed by atoms with Crippen molar-refractivity contribution in [2.24, 2.45) is 11.1 Å². The molecule has 2 rings (SSSR count). The van der Waals surface area contributed by atoms with E-state index in [9.17, 15) is 4.79 Å². The first-order valence-corrected chi connectivity index (χ1v) is 7.42. The van der Waals surface area contributed by atoms with Crippen LogP contribution in [0.2, 0.25) is 0 Å². The fourth-order valence-electron chi connectivity index (χ4n) is 2.65. The third-order valence-corrected chi connectivity index (χ3v) is 4.22. The number of ether oxygens (including phenoxy) is 3. The van der Waals surface area contributed by atoms with Crippen LogP contribution in [0.15, 0.2) is 18.2 Å². The summed E-state index contributed by atoms with van der Waals surface area (Å²) in [5.41, 5.74) is 6.28. The number of amides is 1. The average Bonchev–Trinajstić information content (AvgIpc) is 2.59.